The third kappa shape index (κ3) is 3.89. The quantitative estimate of drug-likeness (QED) is 0.929. The van der Waals surface area contributed by atoms with E-state index in [0.29, 0.717) is 5.92 Å². The Morgan fingerprint density at radius 3 is 2.36 bits per heavy atom. The summed E-state index contributed by atoms with van der Waals surface area (Å²) in [6, 6.07) is 10.5. The van der Waals surface area contributed by atoms with E-state index in [1.54, 1.807) is 0 Å². The molecule has 2 saturated heterocycles. The fourth-order valence-electron chi connectivity index (χ4n) is 4.17. The second-order valence-corrected chi connectivity index (χ2v) is 7.20. The molecule has 0 unspecified atom stereocenters. The van der Waals surface area contributed by atoms with Crippen molar-refractivity contribution in [1.82, 2.24) is 9.80 Å². The van der Waals surface area contributed by atoms with Crippen LogP contribution in [0.1, 0.15) is 37.2 Å². The lowest BCUT2D eigenvalue weighted by atomic mass is 9.81. The smallest absolute Gasteiger partial charge is 0.0673 e. The van der Waals surface area contributed by atoms with Crippen molar-refractivity contribution in [2.45, 2.75) is 37.7 Å². The van der Waals surface area contributed by atoms with Gasteiger partial charge in [0.2, 0.25) is 0 Å². The van der Waals surface area contributed by atoms with Gasteiger partial charge in [0.05, 0.1) is 6.10 Å². The predicted molar refractivity (Wildman–Crippen MR) is 91.1 cm³/mol. The van der Waals surface area contributed by atoms with E-state index in [0.717, 1.165) is 19.6 Å². The number of rotatable bonds is 3. The summed E-state index contributed by atoms with van der Waals surface area (Å²) in [5.41, 5.74) is 1.28. The molecule has 2 aliphatic heterocycles. The standard InChI is InChI=1S/C19H30N2O/c1-20-13-17(14-21-11-7-2-3-8-12-21)19(22)18(15-20)16-9-5-4-6-10-16/h4-6,9-10,17-19,22H,2-3,7-8,11-15H2,1H3/t17-,18-,19-/m0/s1. The lowest BCUT2D eigenvalue weighted by molar-refractivity contribution is 0.000515. The van der Waals surface area contributed by atoms with Gasteiger partial charge in [-0.1, -0.05) is 43.2 Å². The van der Waals surface area contributed by atoms with Gasteiger partial charge in [-0.25, -0.2) is 0 Å². The molecule has 2 fully saturated rings. The minimum Gasteiger partial charge on any atom is -0.392 e. The molecule has 3 nitrogen and oxygen atoms in total. The fourth-order valence-corrected chi connectivity index (χ4v) is 4.17. The van der Waals surface area contributed by atoms with E-state index >= 15 is 0 Å². The average molecular weight is 302 g/mol. The minimum absolute atomic E-state index is 0.221. The van der Waals surface area contributed by atoms with Crippen LogP contribution >= 0.6 is 0 Å². The van der Waals surface area contributed by atoms with Crippen LogP contribution in [0.5, 0.6) is 0 Å². The van der Waals surface area contributed by atoms with Gasteiger partial charge < -0.3 is 14.9 Å². The van der Waals surface area contributed by atoms with Crippen LogP contribution in [0.25, 0.3) is 0 Å². The maximum absolute atomic E-state index is 10.9. The Morgan fingerprint density at radius 2 is 1.68 bits per heavy atom. The Balaban J connectivity index is 1.68. The van der Waals surface area contributed by atoms with Crippen molar-refractivity contribution in [3.05, 3.63) is 35.9 Å². The summed E-state index contributed by atoms with van der Waals surface area (Å²) < 4.78 is 0. The third-order valence-electron chi connectivity index (χ3n) is 5.37. The molecular formula is C19H30N2O. The van der Waals surface area contributed by atoms with Crippen LogP contribution < -0.4 is 0 Å². The summed E-state index contributed by atoms with van der Waals surface area (Å²) in [6.07, 6.45) is 5.16. The largest absolute Gasteiger partial charge is 0.392 e. The van der Waals surface area contributed by atoms with Crippen LogP contribution in [0.2, 0.25) is 0 Å². The van der Waals surface area contributed by atoms with Gasteiger partial charge in [0.15, 0.2) is 0 Å². The molecule has 0 aromatic heterocycles. The van der Waals surface area contributed by atoms with E-state index in [1.165, 1.54) is 44.3 Å². The highest BCUT2D eigenvalue weighted by Crippen LogP contribution is 2.31. The zero-order valence-corrected chi connectivity index (χ0v) is 13.8. The van der Waals surface area contributed by atoms with E-state index < -0.39 is 0 Å². The molecule has 0 radical (unpaired) electrons. The summed E-state index contributed by atoms with van der Waals surface area (Å²) in [5.74, 6) is 0.610. The summed E-state index contributed by atoms with van der Waals surface area (Å²) in [4.78, 5) is 4.98. The Labute approximate surface area is 134 Å². The zero-order chi connectivity index (χ0) is 15.4. The Kier molecular flexibility index (Phi) is 5.51. The minimum atomic E-state index is -0.221. The molecule has 3 heteroatoms. The van der Waals surface area contributed by atoms with E-state index in [4.69, 9.17) is 0 Å². The highest BCUT2D eigenvalue weighted by Gasteiger charge is 2.36. The van der Waals surface area contributed by atoms with Crippen LogP contribution in [0, 0.1) is 5.92 Å². The molecule has 0 amide bonds. The number of piperidine rings is 1. The second-order valence-electron chi connectivity index (χ2n) is 7.20. The van der Waals surface area contributed by atoms with E-state index in [2.05, 4.69) is 47.2 Å². The molecule has 122 valence electrons. The number of likely N-dealkylation sites (N-methyl/N-ethyl adjacent to an activating group) is 1. The highest BCUT2D eigenvalue weighted by molar-refractivity contribution is 5.22. The Bertz CT molecular complexity index is 442. The first kappa shape index (κ1) is 16.0. The van der Waals surface area contributed by atoms with Crippen molar-refractivity contribution < 1.29 is 5.11 Å². The van der Waals surface area contributed by atoms with E-state index in [-0.39, 0.29) is 12.0 Å². The van der Waals surface area contributed by atoms with Gasteiger partial charge in [-0.3, -0.25) is 0 Å². The molecule has 1 aromatic carbocycles. The summed E-state index contributed by atoms with van der Waals surface area (Å²) in [7, 11) is 2.19. The van der Waals surface area contributed by atoms with Crippen molar-refractivity contribution in [2.24, 2.45) is 5.92 Å². The first-order valence-electron chi connectivity index (χ1n) is 8.88. The van der Waals surface area contributed by atoms with Gasteiger partial charge in [-0.2, -0.15) is 0 Å². The summed E-state index contributed by atoms with van der Waals surface area (Å²) in [6.45, 7) is 5.45. The number of aliphatic hydroxyl groups is 1. The maximum Gasteiger partial charge on any atom is 0.0673 e. The normalized spacial score (nSPS) is 31.8. The summed E-state index contributed by atoms with van der Waals surface area (Å²) in [5, 5.41) is 10.9. The van der Waals surface area contributed by atoms with Crippen molar-refractivity contribution in [3.8, 4) is 0 Å². The molecule has 2 heterocycles. The molecule has 1 aromatic rings. The second kappa shape index (κ2) is 7.58. The molecule has 1 N–H and O–H groups in total. The number of benzene rings is 1. The number of likely N-dealkylation sites (tertiary alicyclic amines) is 2. The predicted octanol–water partition coefficient (Wildman–Crippen LogP) is 2.57. The number of aliphatic hydroxyl groups excluding tert-OH is 1. The van der Waals surface area contributed by atoms with Gasteiger partial charge in [-0.05, 0) is 38.5 Å². The lowest BCUT2D eigenvalue weighted by Gasteiger charge is -2.42. The molecule has 3 rings (SSSR count). The van der Waals surface area contributed by atoms with Gasteiger partial charge in [0.25, 0.3) is 0 Å². The van der Waals surface area contributed by atoms with Gasteiger partial charge in [0.1, 0.15) is 0 Å². The van der Waals surface area contributed by atoms with Gasteiger partial charge in [-0.15, -0.1) is 0 Å². The van der Waals surface area contributed by atoms with E-state index in [1.807, 2.05) is 0 Å². The lowest BCUT2D eigenvalue weighted by Crippen LogP contribution is -2.50. The molecule has 0 saturated carbocycles. The molecular weight excluding hydrogens is 272 g/mol. The third-order valence-corrected chi connectivity index (χ3v) is 5.37. The first-order valence-corrected chi connectivity index (χ1v) is 8.88. The van der Waals surface area contributed by atoms with Crippen molar-refractivity contribution in [1.29, 1.82) is 0 Å². The SMILES string of the molecule is CN1C[C@@H](CN2CCCCCC2)[C@H](O)[C@H](c2ccccc2)C1. The molecule has 0 spiro atoms. The number of nitrogens with zero attached hydrogens (tertiary/aromatic N) is 2. The van der Waals surface area contributed by atoms with Crippen molar-refractivity contribution >= 4 is 0 Å². The molecule has 3 atom stereocenters. The topological polar surface area (TPSA) is 26.7 Å². The molecule has 22 heavy (non-hydrogen) atoms. The molecule has 2 aliphatic rings. The van der Waals surface area contributed by atoms with Crippen LogP contribution in [-0.4, -0.2) is 60.8 Å². The fraction of sp³-hybridized carbons (Fsp3) is 0.684. The van der Waals surface area contributed by atoms with Gasteiger partial charge in [0, 0.05) is 31.5 Å². The van der Waals surface area contributed by atoms with Crippen molar-refractivity contribution in [2.75, 3.05) is 39.8 Å². The van der Waals surface area contributed by atoms with Crippen LogP contribution in [0.3, 0.4) is 0 Å². The van der Waals surface area contributed by atoms with Crippen LogP contribution in [0.4, 0.5) is 0 Å². The average Bonchev–Trinajstić information content (AvgIpc) is 2.80. The van der Waals surface area contributed by atoms with Crippen LogP contribution in [-0.2, 0) is 0 Å². The molecule has 0 aliphatic carbocycles. The Morgan fingerprint density at radius 1 is 1.00 bits per heavy atom. The summed E-state index contributed by atoms with van der Waals surface area (Å²) >= 11 is 0. The number of hydrogen-bond acceptors (Lipinski definition) is 3. The monoisotopic (exact) mass is 302 g/mol. The highest BCUT2D eigenvalue weighted by atomic mass is 16.3. The first-order chi connectivity index (χ1) is 10.7. The van der Waals surface area contributed by atoms with Crippen molar-refractivity contribution in [3.63, 3.8) is 0 Å². The maximum atomic E-state index is 10.9. The van der Waals surface area contributed by atoms with E-state index in [9.17, 15) is 5.11 Å². The van der Waals surface area contributed by atoms with Crippen LogP contribution in [0.15, 0.2) is 30.3 Å². The zero-order valence-electron chi connectivity index (χ0n) is 13.8. The van der Waals surface area contributed by atoms with Gasteiger partial charge >= 0.3 is 0 Å². The Hall–Kier alpha value is -0.900. The molecule has 0 bridgehead atoms. The number of hydrogen-bond donors (Lipinski definition) is 1.